The molecule has 0 aliphatic carbocycles. The summed E-state index contributed by atoms with van der Waals surface area (Å²) in [6.45, 7) is 3.53. The molecule has 4 rings (SSSR count). The number of nitrogens with zero attached hydrogens (tertiary/aromatic N) is 2. The number of hydrogen-bond donors (Lipinski definition) is 0. The van der Waals surface area contributed by atoms with Crippen LogP contribution in [-0.4, -0.2) is 36.1 Å². The van der Waals surface area contributed by atoms with Crippen LogP contribution in [0, 0.1) is 0 Å². The predicted molar refractivity (Wildman–Crippen MR) is 117 cm³/mol. The minimum Gasteiger partial charge on any atom is -0.482 e. The highest BCUT2D eigenvalue weighted by Crippen LogP contribution is 2.37. The van der Waals surface area contributed by atoms with E-state index >= 15 is 0 Å². The molecule has 0 fully saturated rings. The third kappa shape index (κ3) is 4.21. The van der Waals surface area contributed by atoms with Crippen molar-refractivity contribution < 1.29 is 19.1 Å². The van der Waals surface area contributed by atoms with Crippen LogP contribution in [0.25, 0.3) is 21.8 Å². The van der Waals surface area contributed by atoms with Crippen LogP contribution in [0.3, 0.4) is 0 Å². The molecule has 0 N–H and O–H groups in total. The van der Waals surface area contributed by atoms with Gasteiger partial charge in [0.1, 0.15) is 17.3 Å². The Balaban J connectivity index is 1.61. The van der Waals surface area contributed by atoms with Gasteiger partial charge in [-0.2, -0.15) is 0 Å². The summed E-state index contributed by atoms with van der Waals surface area (Å²) < 4.78 is 10.9. The summed E-state index contributed by atoms with van der Waals surface area (Å²) in [6.07, 6.45) is 0.530. The van der Waals surface area contributed by atoms with E-state index in [0.29, 0.717) is 11.4 Å². The number of benzene rings is 2. The van der Waals surface area contributed by atoms with Crippen molar-refractivity contribution in [3.05, 3.63) is 53.9 Å². The van der Waals surface area contributed by atoms with Crippen LogP contribution in [0.15, 0.2) is 53.9 Å². The van der Waals surface area contributed by atoms with E-state index in [1.165, 1.54) is 4.90 Å². The normalized spacial score (nSPS) is 14.1. The van der Waals surface area contributed by atoms with E-state index in [1.807, 2.05) is 67.8 Å². The maximum Gasteiger partial charge on any atom is 0.326 e. The van der Waals surface area contributed by atoms with Crippen molar-refractivity contribution in [3.63, 3.8) is 0 Å². The number of rotatable bonds is 6. The lowest BCUT2D eigenvalue weighted by atomic mass is 10.1. The second kappa shape index (κ2) is 8.67. The Hall–Kier alpha value is -3.19. The summed E-state index contributed by atoms with van der Waals surface area (Å²) in [5.74, 6) is -0.145. The Labute approximate surface area is 179 Å². The van der Waals surface area contributed by atoms with Crippen molar-refractivity contribution in [3.8, 4) is 27.6 Å². The van der Waals surface area contributed by atoms with Crippen molar-refractivity contribution in [2.45, 2.75) is 26.4 Å². The van der Waals surface area contributed by atoms with E-state index in [4.69, 9.17) is 14.5 Å². The van der Waals surface area contributed by atoms with Gasteiger partial charge in [0.05, 0.1) is 17.5 Å². The molecule has 0 saturated heterocycles. The van der Waals surface area contributed by atoms with E-state index in [1.54, 1.807) is 11.3 Å². The third-order valence-electron chi connectivity index (χ3n) is 4.92. The smallest absolute Gasteiger partial charge is 0.326 e. The van der Waals surface area contributed by atoms with E-state index in [0.717, 1.165) is 28.2 Å². The molecule has 1 aromatic heterocycles. The molecular formula is C23H22N2O4S. The maximum atomic E-state index is 12.5. The zero-order valence-corrected chi connectivity index (χ0v) is 17.6. The first-order chi connectivity index (χ1) is 14.5. The number of amides is 1. The fourth-order valence-electron chi connectivity index (χ4n) is 3.13. The molecule has 1 amide bonds. The molecule has 2 aromatic carbocycles. The zero-order chi connectivity index (χ0) is 21.1. The molecule has 7 heteroatoms. The molecule has 1 atom stereocenters. The van der Waals surface area contributed by atoms with Gasteiger partial charge < -0.3 is 9.47 Å². The van der Waals surface area contributed by atoms with Crippen LogP contribution >= 0.6 is 11.3 Å². The highest BCUT2D eigenvalue weighted by Gasteiger charge is 2.29. The summed E-state index contributed by atoms with van der Waals surface area (Å²) in [5.41, 5.74) is 3.27. The number of anilines is 1. The SMILES string of the molecule is CCC(C)OC(=O)CN1C(=O)COc2ccc(-c3csc(-c4ccccc4)n3)cc21. The molecule has 3 aromatic rings. The minimum atomic E-state index is -0.434. The quantitative estimate of drug-likeness (QED) is 0.546. The summed E-state index contributed by atoms with van der Waals surface area (Å²) in [7, 11) is 0. The molecule has 1 unspecified atom stereocenters. The monoisotopic (exact) mass is 422 g/mol. The van der Waals surface area contributed by atoms with Crippen LogP contribution in [0.2, 0.25) is 0 Å². The van der Waals surface area contributed by atoms with Gasteiger partial charge in [-0.1, -0.05) is 37.3 Å². The number of hydrogen-bond acceptors (Lipinski definition) is 6. The highest BCUT2D eigenvalue weighted by molar-refractivity contribution is 7.13. The number of thiazole rings is 1. The van der Waals surface area contributed by atoms with Crippen molar-refractivity contribution in [2.24, 2.45) is 0 Å². The minimum absolute atomic E-state index is 0.0994. The molecular weight excluding hydrogens is 400 g/mol. The number of aromatic nitrogens is 1. The van der Waals surface area contributed by atoms with Gasteiger partial charge in [0.15, 0.2) is 6.61 Å². The topological polar surface area (TPSA) is 68.7 Å². The number of fused-ring (bicyclic) bond motifs is 1. The number of carbonyl (C=O) groups is 2. The van der Waals surface area contributed by atoms with Gasteiger partial charge in [0.2, 0.25) is 0 Å². The van der Waals surface area contributed by atoms with Crippen molar-refractivity contribution >= 4 is 28.9 Å². The molecule has 30 heavy (non-hydrogen) atoms. The Morgan fingerprint density at radius 3 is 2.80 bits per heavy atom. The largest absolute Gasteiger partial charge is 0.482 e. The Kier molecular flexibility index (Phi) is 5.81. The van der Waals surface area contributed by atoms with Gasteiger partial charge in [-0.25, -0.2) is 4.98 Å². The van der Waals surface area contributed by atoms with Crippen molar-refractivity contribution in [1.29, 1.82) is 0 Å². The second-order valence-electron chi connectivity index (χ2n) is 7.06. The van der Waals surface area contributed by atoms with Gasteiger partial charge in [0.25, 0.3) is 5.91 Å². The molecule has 0 saturated carbocycles. The predicted octanol–water partition coefficient (Wildman–Crippen LogP) is 4.54. The standard InChI is InChI=1S/C23H22N2O4S/c1-3-15(2)29-22(27)12-25-19-11-17(9-10-20(19)28-13-21(25)26)18-14-30-23(24-18)16-7-5-4-6-8-16/h4-11,14-15H,3,12-13H2,1-2H3. The van der Waals surface area contributed by atoms with Crippen LogP contribution in [0.1, 0.15) is 20.3 Å². The maximum absolute atomic E-state index is 12.5. The van der Waals surface area contributed by atoms with E-state index in [-0.39, 0.29) is 25.2 Å². The first-order valence-electron chi connectivity index (χ1n) is 9.83. The average molecular weight is 423 g/mol. The number of carbonyl (C=O) groups excluding carboxylic acids is 2. The van der Waals surface area contributed by atoms with Crippen LogP contribution in [-0.2, 0) is 14.3 Å². The van der Waals surface area contributed by atoms with Gasteiger partial charge in [-0.05, 0) is 31.5 Å². The van der Waals surface area contributed by atoms with Gasteiger partial charge in [-0.3, -0.25) is 14.5 Å². The summed E-state index contributed by atoms with van der Waals surface area (Å²) in [5, 5.41) is 2.90. The number of ether oxygens (including phenoxy) is 2. The second-order valence-corrected chi connectivity index (χ2v) is 7.92. The van der Waals surface area contributed by atoms with Gasteiger partial charge >= 0.3 is 5.97 Å². The lowest BCUT2D eigenvalue weighted by Gasteiger charge is -2.29. The van der Waals surface area contributed by atoms with Crippen molar-refractivity contribution in [2.75, 3.05) is 18.1 Å². The van der Waals surface area contributed by atoms with E-state index in [9.17, 15) is 9.59 Å². The number of esters is 1. The molecule has 1 aliphatic heterocycles. The molecule has 0 bridgehead atoms. The third-order valence-corrected chi connectivity index (χ3v) is 5.81. The fraction of sp³-hybridized carbons (Fsp3) is 0.261. The molecule has 2 heterocycles. The lowest BCUT2D eigenvalue weighted by Crippen LogP contribution is -2.42. The fourth-order valence-corrected chi connectivity index (χ4v) is 3.96. The van der Waals surface area contributed by atoms with E-state index < -0.39 is 5.97 Å². The summed E-state index contributed by atoms with van der Waals surface area (Å²) in [6, 6.07) is 15.5. The Morgan fingerprint density at radius 2 is 2.03 bits per heavy atom. The first-order valence-corrected chi connectivity index (χ1v) is 10.7. The summed E-state index contributed by atoms with van der Waals surface area (Å²) >= 11 is 1.56. The van der Waals surface area contributed by atoms with Crippen molar-refractivity contribution in [1.82, 2.24) is 4.98 Å². The lowest BCUT2D eigenvalue weighted by molar-refractivity contribution is -0.147. The van der Waals surface area contributed by atoms with Gasteiger partial charge in [0, 0.05) is 16.5 Å². The van der Waals surface area contributed by atoms with E-state index in [2.05, 4.69) is 0 Å². The Morgan fingerprint density at radius 1 is 1.23 bits per heavy atom. The van der Waals surface area contributed by atoms with Gasteiger partial charge in [-0.15, -0.1) is 11.3 Å². The summed E-state index contributed by atoms with van der Waals surface area (Å²) in [4.78, 5) is 30.9. The van der Waals surface area contributed by atoms with Crippen LogP contribution in [0.5, 0.6) is 5.75 Å². The molecule has 154 valence electrons. The van der Waals surface area contributed by atoms with Crippen LogP contribution < -0.4 is 9.64 Å². The zero-order valence-electron chi connectivity index (χ0n) is 16.8. The molecule has 0 radical (unpaired) electrons. The highest BCUT2D eigenvalue weighted by atomic mass is 32.1. The average Bonchev–Trinajstić information content (AvgIpc) is 3.26. The molecule has 0 spiro atoms. The molecule has 1 aliphatic rings. The first kappa shape index (κ1) is 20.1. The van der Waals surface area contributed by atoms with Crippen LogP contribution in [0.4, 0.5) is 5.69 Å². The molecule has 6 nitrogen and oxygen atoms in total. The Bertz CT molecular complexity index is 1060.